The quantitative estimate of drug-likeness (QED) is 0.818. The molecule has 6 heteroatoms. The molecule has 2 saturated heterocycles. The van der Waals surface area contributed by atoms with Gasteiger partial charge in [-0.05, 0) is 44.2 Å². The molecule has 0 spiro atoms. The van der Waals surface area contributed by atoms with Crippen LogP contribution in [0.15, 0.2) is 33.5 Å². The first kappa shape index (κ1) is 17.0. The fraction of sp³-hybridized carbons (Fsp3) is 0.444. The summed E-state index contributed by atoms with van der Waals surface area (Å²) in [5, 5.41) is 7.40. The molecule has 2 aliphatic rings. The molecule has 2 aliphatic heterocycles. The van der Waals surface area contributed by atoms with Crippen molar-refractivity contribution >= 4 is 29.3 Å². The minimum absolute atomic E-state index is 0. The summed E-state index contributed by atoms with van der Waals surface area (Å²) in [7, 11) is 0. The van der Waals surface area contributed by atoms with Gasteiger partial charge < -0.3 is 15.1 Å². The van der Waals surface area contributed by atoms with Gasteiger partial charge in [0.2, 0.25) is 0 Å². The maximum absolute atomic E-state index is 12.6. The van der Waals surface area contributed by atoms with Crippen LogP contribution in [0.1, 0.15) is 41.6 Å². The summed E-state index contributed by atoms with van der Waals surface area (Å²) < 4.78 is 5.31. The number of amides is 1. The molecule has 0 radical (unpaired) electrons. The molecule has 0 aliphatic carbocycles. The highest BCUT2D eigenvalue weighted by Crippen LogP contribution is 2.27. The molecule has 2 N–H and O–H groups in total. The lowest BCUT2D eigenvalue weighted by Gasteiger charge is -2.29. The summed E-state index contributed by atoms with van der Waals surface area (Å²) in [4.78, 5) is 24.9. The Morgan fingerprint density at radius 1 is 1.21 bits per heavy atom. The molecule has 3 heterocycles. The number of piperidine rings is 1. The summed E-state index contributed by atoms with van der Waals surface area (Å²) in [6.45, 7) is 1.81. The number of aryl methyl sites for hydroxylation is 1. The fourth-order valence-electron chi connectivity index (χ4n) is 4.00. The van der Waals surface area contributed by atoms with Gasteiger partial charge in [-0.15, -0.1) is 12.4 Å². The minimum atomic E-state index is -0.560. The number of halogens is 1. The second-order valence-electron chi connectivity index (χ2n) is 6.67. The molecular weight excluding hydrogens is 328 g/mol. The second kappa shape index (κ2) is 6.57. The molecule has 5 nitrogen and oxygen atoms in total. The molecule has 2 aromatic rings. The molecule has 2 atom stereocenters. The lowest BCUT2D eigenvalue weighted by atomic mass is 9.99. The monoisotopic (exact) mass is 348 g/mol. The van der Waals surface area contributed by atoms with Gasteiger partial charge in [0.1, 0.15) is 11.1 Å². The number of hydrogen-bond acceptors (Lipinski definition) is 4. The first-order chi connectivity index (χ1) is 11.1. The Hall–Kier alpha value is -1.85. The largest absolute Gasteiger partial charge is 0.422 e. The van der Waals surface area contributed by atoms with Crippen LogP contribution in [-0.2, 0) is 0 Å². The Kier molecular flexibility index (Phi) is 4.65. The van der Waals surface area contributed by atoms with Crippen molar-refractivity contribution in [1.82, 2.24) is 10.6 Å². The fourth-order valence-corrected chi connectivity index (χ4v) is 4.00. The SMILES string of the molecule is Cc1c(C(=O)NC2CC3CCC(C2)N3)c(=O)oc2ccccc12.Cl. The predicted octanol–water partition coefficient (Wildman–Crippen LogP) is 2.54. The maximum atomic E-state index is 12.6. The lowest BCUT2D eigenvalue weighted by molar-refractivity contribution is 0.0920. The van der Waals surface area contributed by atoms with E-state index in [1.165, 1.54) is 12.8 Å². The highest BCUT2D eigenvalue weighted by Gasteiger charge is 2.34. The molecule has 0 saturated carbocycles. The Bertz CT molecular complexity index is 821. The molecule has 1 aromatic heterocycles. The average molecular weight is 349 g/mol. The van der Waals surface area contributed by atoms with Gasteiger partial charge in [0.25, 0.3) is 5.91 Å². The third kappa shape index (κ3) is 2.94. The van der Waals surface area contributed by atoms with Crippen LogP contribution >= 0.6 is 12.4 Å². The number of rotatable bonds is 2. The van der Waals surface area contributed by atoms with Crippen LogP contribution in [0.25, 0.3) is 11.0 Å². The van der Waals surface area contributed by atoms with Gasteiger partial charge >= 0.3 is 5.63 Å². The van der Waals surface area contributed by atoms with E-state index >= 15 is 0 Å². The van der Waals surface area contributed by atoms with Crippen molar-refractivity contribution in [2.75, 3.05) is 0 Å². The van der Waals surface area contributed by atoms with Crippen LogP contribution in [-0.4, -0.2) is 24.0 Å². The van der Waals surface area contributed by atoms with E-state index in [1.807, 2.05) is 18.2 Å². The van der Waals surface area contributed by atoms with Gasteiger partial charge in [0.15, 0.2) is 0 Å². The average Bonchev–Trinajstić information content (AvgIpc) is 2.86. The predicted molar refractivity (Wildman–Crippen MR) is 94.9 cm³/mol. The molecular formula is C18H21ClN2O3. The number of fused-ring (bicyclic) bond motifs is 3. The number of hydrogen-bond donors (Lipinski definition) is 2. The van der Waals surface area contributed by atoms with Crippen molar-refractivity contribution < 1.29 is 9.21 Å². The van der Waals surface area contributed by atoms with E-state index in [9.17, 15) is 9.59 Å². The topological polar surface area (TPSA) is 71.3 Å². The first-order valence-corrected chi connectivity index (χ1v) is 8.21. The third-order valence-electron chi connectivity index (χ3n) is 5.11. The zero-order valence-corrected chi connectivity index (χ0v) is 14.3. The smallest absolute Gasteiger partial charge is 0.349 e. The number of carbonyl (C=O) groups is 1. The molecule has 128 valence electrons. The van der Waals surface area contributed by atoms with Gasteiger partial charge in [-0.1, -0.05) is 18.2 Å². The van der Waals surface area contributed by atoms with E-state index in [0.29, 0.717) is 23.2 Å². The van der Waals surface area contributed by atoms with Crippen LogP contribution < -0.4 is 16.3 Å². The Morgan fingerprint density at radius 2 is 1.88 bits per heavy atom. The third-order valence-corrected chi connectivity index (χ3v) is 5.11. The zero-order chi connectivity index (χ0) is 16.0. The van der Waals surface area contributed by atoms with Crippen molar-refractivity contribution in [2.24, 2.45) is 0 Å². The Labute approximate surface area is 146 Å². The van der Waals surface area contributed by atoms with Crippen molar-refractivity contribution in [1.29, 1.82) is 0 Å². The zero-order valence-electron chi connectivity index (χ0n) is 13.5. The number of carbonyl (C=O) groups excluding carboxylic acids is 1. The molecule has 4 rings (SSSR count). The maximum Gasteiger partial charge on any atom is 0.349 e. The molecule has 1 aromatic carbocycles. The summed E-state index contributed by atoms with van der Waals surface area (Å²) >= 11 is 0. The van der Waals surface area contributed by atoms with E-state index in [0.717, 1.165) is 18.2 Å². The van der Waals surface area contributed by atoms with Gasteiger partial charge in [-0.3, -0.25) is 4.79 Å². The van der Waals surface area contributed by atoms with E-state index in [4.69, 9.17) is 4.42 Å². The molecule has 2 bridgehead atoms. The molecule has 24 heavy (non-hydrogen) atoms. The van der Waals surface area contributed by atoms with Gasteiger partial charge in [-0.25, -0.2) is 4.79 Å². The van der Waals surface area contributed by atoms with E-state index in [1.54, 1.807) is 13.0 Å². The Morgan fingerprint density at radius 3 is 2.58 bits per heavy atom. The summed E-state index contributed by atoms with van der Waals surface area (Å²) in [6.07, 6.45) is 4.21. The minimum Gasteiger partial charge on any atom is -0.422 e. The number of para-hydroxylation sites is 1. The van der Waals surface area contributed by atoms with Crippen LogP contribution in [0.4, 0.5) is 0 Å². The number of benzene rings is 1. The van der Waals surface area contributed by atoms with Gasteiger partial charge in [0.05, 0.1) is 0 Å². The van der Waals surface area contributed by atoms with Gasteiger partial charge in [-0.2, -0.15) is 0 Å². The second-order valence-corrected chi connectivity index (χ2v) is 6.67. The van der Waals surface area contributed by atoms with Crippen LogP contribution in [0, 0.1) is 6.92 Å². The van der Waals surface area contributed by atoms with E-state index in [-0.39, 0.29) is 29.9 Å². The van der Waals surface area contributed by atoms with Crippen molar-refractivity contribution in [2.45, 2.75) is 50.7 Å². The summed E-state index contributed by atoms with van der Waals surface area (Å²) in [6, 6.07) is 8.43. The summed E-state index contributed by atoms with van der Waals surface area (Å²) in [5.74, 6) is -0.312. The van der Waals surface area contributed by atoms with Gasteiger partial charge in [0, 0.05) is 23.5 Å². The number of nitrogens with one attached hydrogen (secondary N) is 2. The van der Waals surface area contributed by atoms with Crippen molar-refractivity contribution in [3.8, 4) is 0 Å². The first-order valence-electron chi connectivity index (χ1n) is 8.21. The molecule has 2 fully saturated rings. The van der Waals surface area contributed by atoms with Crippen molar-refractivity contribution in [3.63, 3.8) is 0 Å². The lowest BCUT2D eigenvalue weighted by Crippen LogP contribution is -2.48. The van der Waals surface area contributed by atoms with Crippen LogP contribution in [0.5, 0.6) is 0 Å². The Balaban J connectivity index is 0.00000169. The standard InChI is InChI=1S/C18H20N2O3.ClH/c1-10-14-4-2-3-5-15(14)23-18(22)16(10)17(21)20-13-8-11-6-7-12(9-13)19-11;/h2-5,11-13,19H,6-9H2,1H3,(H,20,21);1H. The van der Waals surface area contributed by atoms with E-state index < -0.39 is 5.63 Å². The molecule has 1 amide bonds. The van der Waals surface area contributed by atoms with E-state index in [2.05, 4.69) is 10.6 Å². The highest BCUT2D eigenvalue weighted by atomic mass is 35.5. The normalized spacial score (nSPS) is 25.3. The summed E-state index contributed by atoms with van der Waals surface area (Å²) in [5.41, 5.74) is 0.780. The highest BCUT2D eigenvalue weighted by molar-refractivity contribution is 5.99. The van der Waals surface area contributed by atoms with Crippen LogP contribution in [0.2, 0.25) is 0 Å². The van der Waals surface area contributed by atoms with Crippen molar-refractivity contribution in [3.05, 3.63) is 45.8 Å². The molecule has 2 unspecified atom stereocenters. The van der Waals surface area contributed by atoms with Crippen LogP contribution in [0.3, 0.4) is 0 Å².